The molecule has 0 bridgehead atoms. The third-order valence-electron chi connectivity index (χ3n) is 6.92. The van der Waals surface area contributed by atoms with Crippen molar-refractivity contribution in [3.05, 3.63) is 77.9 Å². The molecular weight excluding hydrogens is 480 g/mol. The molecule has 0 aromatic heterocycles. The summed E-state index contributed by atoms with van der Waals surface area (Å²) in [6.07, 6.45) is 2.61. The molecule has 3 aromatic rings. The van der Waals surface area contributed by atoms with Crippen LogP contribution in [-0.2, 0) is 27.2 Å². The van der Waals surface area contributed by atoms with Gasteiger partial charge in [-0.1, -0.05) is 60.7 Å². The van der Waals surface area contributed by atoms with Gasteiger partial charge in [-0.25, -0.2) is 0 Å². The number of aryl methyl sites for hydroxylation is 1. The van der Waals surface area contributed by atoms with Crippen molar-refractivity contribution in [2.75, 3.05) is 24.5 Å². The van der Waals surface area contributed by atoms with Gasteiger partial charge in [0.1, 0.15) is 6.04 Å². The molecule has 1 heterocycles. The van der Waals surface area contributed by atoms with Gasteiger partial charge < -0.3 is 26.4 Å². The van der Waals surface area contributed by atoms with Crippen LogP contribution in [0.25, 0.3) is 10.8 Å². The lowest BCUT2D eigenvalue weighted by atomic mass is 10.0. The lowest BCUT2D eigenvalue weighted by molar-refractivity contribution is -0.129. The summed E-state index contributed by atoms with van der Waals surface area (Å²) in [6.45, 7) is 0.254. The minimum atomic E-state index is -0.867. The average molecular weight is 517 g/mol. The first-order valence-electron chi connectivity index (χ1n) is 13.3. The van der Waals surface area contributed by atoms with Crippen molar-refractivity contribution in [2.24, 2.45) is 5.73 Å². The van der Waals surface area contributed by atoms with Crippen LogP contribution in [0.4, 0.5) is 5.69 Å². The maximum atomic E-state index is 13.1. The molecule has 0 fully saturated rings. The van der Waals surface area contributed by atoms with Gasteiger partial charge in [0.25, 0.3) is 0 Å². The Bertz CT molecular complexity index is 1280. The molecule has 0 spiro atoms. The Morgan fingerprint density at radius 2 is 1.71 bits per heavy atom. The van der Waals surface area contributed by atoms with Crippen molar-refractivity contribution in [2.45, 2.75) is 50.7 Å². The predicted octanol–water partition coefficient (Wildman–Crippen LogP) is 2.45. The molecule has 1 aliphatic heterocycles. The molecule has 4 rings (SSSR count). The number of fused-ring (bicyclic) bond motifs is 2. The highest BCUT2D eigenvalue weighted by molar-refractivity contribution is 5.95. The van der Waals surface area contributed by atoms with E-state index in [2.05, 4.69) is 10.6 Å². The zero-order valence-corrected chi connectivity index (χ0v) is 21.6. The van der Waals surface area contributed by atoms with E-state index >= 15 is 0 Å². The first kappa shape index (κ1) is 27.3. The first-order valence-corrected chi connectivity index (χ1v) is 13.3. The minimum Gasteiger partial charge on any atom is -0.390 e. The number of carbonyl (C=O) groups is 3. The molecule has 0 saturated carbocycles. The fraction of sp³-hybridized carbons (Fsp3) is 0.367. The van der Waals surface area contributed by atoms with Crippen molar-refractivity contribution in [1.29, 1.82) is 0 Å². The number of aliphatic hydroxyl groups excluding tert-OH is 1. The van der Waals surface area contributed by atoms with Crippen LogP contribution in [0.15, 0.2) is 66.7 Å². The van der Waals surface area contributed by atoms with Crippen molar-refractivity contribution < 1.29 is 19.5 Å². The minimum absolute atomic E-state index is 0.00150. The number of nitrogens with two attached hydrogens (primary N) is 1. The molecule has 3 aromatic carbocycles. The van der Waals surface area contributed by atoms with Gasteiger partial charge in [-0.3, -0.25) is 14.4 Å². The molecule has 1 aliphatic rings. The Morgan fingerprint density at radius 3 is 2.53 bits per heavy atom. The number of nitrogens with zero attached hydrogens (tertiary/aromatic N) is 1. The number of hydrogen-bond donors (Lipinski definition) is 4. The lowest BCUT2D eigenvalue weighted by Gasteiger charge is -2.27. The largest absolute Gasteiger partial charge is 0.390 e. The molecule has 38 heavy (non-hydrogen) atoms. The van der Waals surface area contributed by atoms with Gasteiger partial charge in [0.05, 0.1) is 6.10 Å². The number of hydrogen-bond acceptors (Lipinski definition) is 5. The normalized spacial score (nSPS) is 15.2. The van der Waals surface area contributed by atoms with E-state index < -0.39 is 18.1 Å². The monoisotopic (exact) mass is 516 g/mol. The number of aliphatic hydroxyl groups is 1. The highest BCUT2D eigenvalue weighted by atomic mass is 16.3. The Balaban J connectivity index is 1.46. The van der Waals surface area contributed by atoms with E-state index in [0.717, 1.165) is 46.8 Å². The van der Waals surface area contributed by atoms with E-state index in [-0.39, 0.29) is 44.3 Å². The third-order valence-corrected chi connectivity index (χ3v) is 6.92. The Morgan fingerprint density at radius 1 is 0.974 bits per heavy atom. The van der Waals surface area contributed by atoms with E-state index in [1.807, 2.05) is 66.7 Å². The second-order valence-corrected chi connectivity index (χ2v) is 9.77. The highest BCUT2D eigenvalue weighted by Crippen LogP contribution is 2.26. The van der Waals surface area contributed by atoms with E-state index in [1.165, 1.54) is 0 Å². The summed E-state index contributed by atoms with van der Waals surface area (Å²) in [7, 11) is 0. The van der Waals surface area contributed by atoms with Crippen LogP contribution in [0.3, 0.4) is 0 Å². The molecule has 0 radical (unpaired) electrons. The number of rotatable bonds is 10. The van der Waals surface area contributed by atoms with Gasteiger partial charge in [0.2, 0.25) is 17.7 Å². The molecule has 8 heteroatoms. The van der Waals surface area contributed by atoms with Gasteiger partial charge in [-0.2, -0.15) is 0 Å². The Kier molecular flexibility index (Phi) is 9.46. The van der Waals surface area contributed by atoms with Crippen molar-refractivity contribution in [1.82, 2.24) is 10.6 Å². The van der Waals surface area contributed by atoms with Crippen LogP contribution >= 0.6 is 0 Å². The predicted molar refractivity (Wildman–Crippen MR) is 149 cm³/mol. The van der Waals surface area contributed by atoms with Gasteiger partial charge in [0, 0.05) is 44.6 Å². The van der Waals surface area contributed by atoms with Crippen LogP contribution in [0.2, 0.25) is 0 Å². The van der Waals surface area contributed by atoms with Gasteiger partial charge in [0.15, 0.2) is 0 Å². The molecule has 3 amide bonds. The van der Waals surface area contributed by atoms with Crippen LogP contribution in [-0.4, -0.2) is 54.6 Å². The van der Waals surface area contributed by atoms with Crippen molar-refractivity contribution >= 4 is 34.2 Å². The molecular formula is C30H36N4O4. The molecule has 0 aliphatic carbocycles. The number of para-hydroxylation sites is 1. The molecule has 200 valence electrons. The summed E-state index contributed by atoms with van der Waals surface area (Å²) in [5.41, 5.74) is 8.32. The third kappa shape index (κ3) is 7.18. The van der Waals surface area contributed by atoms with E-state index in [1.54, 1.807) is 4.90 Å². The van der Waals surface area contributed by atoms with Crippen molar-refractivity contribution in [3.63, 3.8) is 0 Å². The van der Waals surface area contributed by atoms with E-state index in [4.69, 9.17) is 5.73 Å². The number of anilines is 1. The van der Waals surface area contributed by atoms with Crippen LogP contribution in [0.1, 0.15) is 36.8 Å². The summed E-state index contributed by atoms with van der Waals surface area (Å²) >= 11 is 0. The molecule has 0 saturated heterocycles. The van der Waals surface area contributed by atoms with Gasteiger partial charge in [-0.15, -0.1) is 0 Å². The van der Waals surface area contributed by atoms with Crippen LogP contribution in [0, 0.1) is 0 Å². The molecule has 8 nitrogen and oxygen atoms in total. The van der Waals surface area contributed by atoms with Gasteiger partial charge >= 0.3 is 0 Å². The average Bonchev–Trinajstić information content (AvgIpc) is 2.93. The van der Waals surface area contributed by atoms with Crippen molar-refractivity contribution in [3.8, 4) is 0 Å². The van der Waals surface area contributed by atoms with E-state index in [9.17, 15) is 19.5 Å². The summed E-state index contributed by atoms with van der Waals surface area (Å²) in [5.74, 6) is -0.712. The number of amides is 3. The maximum Gasteiger partial charge on any atom is 0.243 e. The second-order valence-electron chi connectivity index (χ2n) is 9.77. The van der Waals surface area contributed by atoms with Crippen LogP contribution in [0.5, 0.6) is 0 Å². The Labute approximate surface area is 223 Å². The van der Waals surface area contributed by atoms with E-state index in [0.29, 0.717) is 6.42 Å². The highest BCUT2D eigenvalue weighted by Gasteiger charge is 2.25. The molecule has 2 atom stereocenters. The fourth-order valence-corrected chi connectivity index (χ4v) is 4.81. The van der Waals surface area contributed by atoms with Crippen LogP contribution < -0.4 is 21.3 Å². The van der Waals surface area contributed by atoms with Gasteiger partial charge in [-0.05, 0) is 47.2 Å². The maximum absolute atomic E-state index is 13.1. The fourth-order valence-electron chi connectivity index (χ4n) is 4.81. The SMILES string of the molecule is NCC(O)CNC(=O)[C@@H](Cc1ccc2ccccc2c1)NC(=O)CCN1C(=O)CCCCc2ccccc21. The molecule has 5 N–H and O–H groups in total. The number of benzene rings is 3. The zero-order valence-electron chi connectivity index (χ0n) is 21.6. The number of nitrogens with one attached hydrogen (secondary N) is 2. The summed E-state index contributed by atoms with van der Waals surface area (Å²) in [5, 5.41) is 17.5. The summed E-state index contributed by atoms with van der Waals surface area (Å²) < 4.78 is 0. The zero-order chi connectivity index (χ0) is 26.9. The molecule has 1 unspecified atom stereocenters. The Hall–Kier alpha value is -3.75. The standard InChI is InChI=1S/C30H36N4O4/c31-19-25(35)20-32-30(38)26(18-21-13-14-22-7-1-2-10-24(22)17-21)33-28(36)15-16-34-27-11-5-3-8-23(27)9-4-6-12-29(34)37/h1-3,5,7-8,10-11,13-14,17,25-26,35H,4,6,9,12,15-16,18-20,31H2,(H,32,38)(H,33,36)/t25?,26-/m1/s1. The first-order chi connectivity index (χ1) is 18.4. The smallest absolute Gasteiger partial charge is 0.243 e. The summed E-state index contributed by atoms with van der Waals surface area (Å²) in [4.78, 5) is 40.7. The topological polar surface area (TPSA) is 125 Å². The summed E-state index contributed by atoms with van der Waals surface area (Å²) in [6, 6.07) is 20.9. The quantitative estimate of drug-likeness (QED) is 0.330. The second kappa shape index (κ2) is 13.2. The lowest BCUT2D eigenvalue weighted by Crippen LogP contribution is -2.50. The number of carbonyl (C=O) groups excluding carboxylic acids is 3.